The Morgan fingerprint density at radius 3 is 2.89 bits per heavy atom. The third-order valence-electron chi connectivity index (χ3n) is 3.13. The average molecular weight is 270 g/mol. The molecule has 104 valence electrons. The molecule has 2 N–H and O–H groups in total. The van der Waals surface area contributed by atoms with Gasteiger partial charge >= 0.3 is 0 Å². The molecule has 2 rings (SSSR count). The first-order valence-electron chi connectivity index (χ1n) is 6.10. The summed E-state index contributed by atoms with van der Waals surface area (Å²) in [6.07, 6.45) is -0.263. The summed E-state index contributed by atoms with van der Waals surface area (Å²) in [6.45, 7) is 2.84. The van der Waals surface area contributed by atoms with E-state index in [4.69, 9.17) is 10.5 Å². The molecule has 0 unspecified atom stereocenters. The number of halogens is 2. The molecule has 0 radical (unpaired) electrons. The van der Waals surface area contributed by atoms with Crippen LogP contribution in [0.4, 0.5) is 8.78 Å². The van der Waals surface area contributed by atoms with Crippen LogP contribution in [0.5, 0.6) is 0 Å². The van der Waals surface area contributed by atoms with Gasteiger partial charge in [-0.3, -0.25) is 4.79 Å². The van der Waals surface area contributed by atoms with E-state index in [9.17, 15) is 13.6 Å². The van der Waals surface area contributed by atoms with Crippen LogP contribution >= 0.6 is 0 Å². The first-order chi connectivity index (χ1) is 8.99. The Hall–Kier alpha value is -1.53. The molecule has 1 aromatic rings. The number of nitrogens with zero attached hydrogens (tertiary/aromatic N) is 1. The molecule has 0 aromatic heterocycles. The van der Waals surface area contributed by atoms with Gasteiger partial charge in [-0.05, 0) is 19.1 Å². The molecule has 1 aliphatic heterocycles. The molecule has 1 amide bonds. The molecular weight excluding hydrogens is 254 g/mol. The zero-order valence-corrected chi connectivity index (χ0v) is 10.6. The van der Waals surface area contributed by atoms with E-state index in [1.165, 1.54) is 4.90 Å². The van der Waals surface area contributed by atoms with Gasteiger partial charge in [0, 0.05) is 25.2 Å². The Kier molecular flexibility index (Phi) is 4.11. The third-order valence-corrected chi connectivity index (χ3v) is 3.13. The molecular formula is C13H16F2N2O2. The number of carbonyl (C=O) groups is 1. The number of nitrogens with two attached hydrogens (primary N) is 1. The zero-order valence-electron chi connectivity index (χ0n) is 10.6. The molecule has 0 bridgehead atoms. The highest BCUT2D eigenvalue weighted by Gasteiger charge is 2.28. The summed E-state index contributed by atoms with van der Waals surface area (Å²) in [4.78, 5) is 13.6. The third kappa shape index (κ3) is 3.08. The highest BCUT2D eigenvalue weighted by atomic mass is 19.1. The fraction of sp³-hybridized carbons (Fsp3) is 0.462. The minimum atomic E-state index is -0.853. The summed E-state index contributed by atoms with van der Waals surface area (Å²) in [5, 5.41) is 0. The molecule has 1 saturated heterocycles. The van der Waals surface area contributed by atoms with Gasteiger partial charge in [-0.2, -0.15) is 0 Å². The van der Waals surface area contributed by atoms with Crippen molar-refractivity contribution in [1.82, 2.24) is 4.90 Å². The van der Waals surface area contributed by atoms with Crippen molar-refractivity contribution in [2.45, 2.75) is 19.1 Å². The van der Waals surface area contributed by atoms with E-state index in [0.717, 1.165) is 12.1 Å². The van der Waals surface area contributed by atoms with Crippen LogP contribution in [0.25, 0.3) is 0 Å². The van der Waals surface area contributed by atoms with E-state index in [1.54, 1.807) is 6.92 Å². The lowest BCUT2D eigenvalue weighted by Gasteiger charge is -2.34. The smallest absolute Gasteiger partial charge is 0.257 e. The quantitative estimate of drug-likeness (QED) is 0.877. The summed E-state index contributed by atoms with van der Waals surface area (Å²) in [7, 11) is 0. The Labute approximate surface area is 110 Å². The molecule has 0 aliphatic carbocycles. The lowest BCUT2D eigenvalue weighted by molar-refractivity contribution is -0.0301. The first-order valence-corrected chi connectivity index (χ1v) is 6.10. The highest BCUT2D eigenvalue weighted by Crippen LogP contribution is 2.15. The summed E-state index contributed by atoms with van der Waals surface area (Å²) in [5.74, 6) is -2.02. The maximum absolute atomic E-state index is 13.6. The molecule has 1 aliphatic rings. The van der Waals surface area contributed by atoms with E-state index in [2.05, 4.69) is 0 Å². The molecule has 6 heteroatoms. The van der Waals surface area contributed by atoms with Crippen molar-refractivity contribution in [3.05, 3.63) is 35.4 Å². The van der Waals surface area contributed by atoms with Crippen molar-refractivity contribution in [3.8, 4) is 0 Å². The predicted molar refractivity (Wildman–Crippen MR) is 65.7 cm³/mol. The van der Waals surface area contributed by atoms with Gasteiger partial charge in [-0.1, -0.05) is 0 Å². The Balaban J connectivity index is 2.15. The standard InChI is InChI=1S/C13H16F2N2O2/c1-8(16)12-7-17(4-5-19-12)13(18)10-3-2-9(14)6-11(10)15/h2-3,6,8,12H,4-5,7,16H2,1H3/t8-,12+/m1/s1. The first kappa shape index (κ1) is 13.9. The molecule has 19 heavy (non-hydrogen) atoms. The van der Waals surface area contributed by atoms with Gasteiger partial charge in [0.15, 0.2) is 0 Å². The van der Waals surface area contributed by atoms with Crippen molar-refractivity contribution < 1.29 is 18.3 Å². The highest BCUT2D eigenvalue weighted by molar-refractivity contribution is 5.94. The van der Waals surface area contributed by atoms with Crippen molar-refractivity contribution in [2.24, 2.45) is 5.73 Å². The maximum atomic E-state index is 13.6. The fourth-order valence-corrected chi connectivity index (χ4v) is 2.01. The number of amides is 1. The Morgan fingerprint density at radius 2 is 2.26 bits per heavy atom. The van der Waals surface area contributed by atoms with Gasteiger partial charge in [-0.25, -0.2) is 8.78 Å². The van der Waals surface area contributed by atoms with Crippen LogP contribution < -0.4 is 5.73 Å². The number of benzene rings is 1. The second-order valence-electron chi connectivity index (χ2n) is 4.64. The summed E-state index contributed by atoms with van der Waals surface area (Å²) in [6, 6.07) is 2.72. The van der Waals surface area contributed by atoms with Gasteiger partial charge in [0.2, 0.25) is 0 Å². The van der Waals surface area contributed by atoms with Gasteiger partial charge in [-0.15, -0.1) is 0 Å². The lowest BCUT2D eigenvalue weighted by Crippen LogP contribution is -2.51. The van der Waals surface area contributed by atoms with Crippen LogP contribution in [0, 0.1) is 11.6 Å². The van der Waals surface area contributed by atoms with Crippen molar-refractivity contribution in [1.29, 1.82) is 0 Å². The van der Waals surface area contributed by atoms with E-state index in [1.807, 2.05) is 0 Å². The van der Waals surface area contributed by atoms with Crippen LogP contribution in [0.1, 0.15) is 17.3 Å². The van der Waals surface area contributed by atoms with Crippen LogP contribution in [0.3, 0.4) is 0 Å². The average Bonchev–Trinajstić information content (AvgIpc) is 2.38. The van der Waals surface area contributed by atoms with Gasteiger partial charge in [0.05, 0.1) is 18.3 Å². The van der Waals surface area contributed by atoms with E-state index in [-0.39, 0.29) is 17.7 Å². The topological polar surface area (TPSA) is 55.6 Å². The summed E-state index contributed by atoms with van der Waals surface area (Å²) < 4.78 is 31.8. The second kappa shape index (κ2) is 5.63. The lowest BCUT2D eigenvalue weighted by atomic mass is 10.1. The minimum Gasteiger partial charge on any atom is -0.373 e. The molecule has 1 aromatic carbocycles. The molecule has 2 atom stereocenters. The number of ether oxygens (including phenoxy) is 1. The number of carbonyl (C=O) groups excluding carboxylic acids is 1. The molecule has 0 spiro atoms. The molecule has 1 fully saturated rings. The maximum Gasteiger partial charge on any atom is 0.257 e. The van der Waals surface area contributed by atoms with E-state index >= 15 is 0 Å². The Bertz CT molecular complexity index is 480. The van der Waals surface area contributed by atoms with Crippen LogP contribution in [-0.4, -0.2) is 42.6 Å². The summed E-state index contributed by atoms with van der Waals surface area (Å²) >= 11 is 0. The van der Waals surface area contributed by atoms with Gasteiger partial charge < -0.3 is 15.4 Å². The van der Waals surface area contributed by atoms with Crippen molar-refractivity contribution in [2.75, 3.05) is 19.7 Å². The van der Waals surface area contributed by atoms with Crippen molar-refractivity contribution >= 4 is 5.91 Å². The second-order valence-corrected chi connectivity index (χ2v) is 4.64. The van der Waals surface area contributed by atoms with Crippen molar-refractivity contribution in [3.63, 3.8) is 0 Å². The fourth-order valence-electron chi connectivity index (χ4n) is 2.01. The normalized spacial score (nSPS) is 21.3. The number of rotatable bonds is 2. The van der Waals surface area contributed by atoms with E-state index in [0.29, 0.717) is 25.8 Å². The number of morpholine rings is 1. The Morgan fingerprint density at radius 1 is 1.53 bits per heavy atom. The minimum absolute atomic E-state index is 0.133. The van der Waals surface area contributed by atoms with Crippen LogP contribution in [-0.2, 0) is 4.74 Å². The van der Waals surface area contributed by atoms with E-state index < -0.39 is 17.5 Å². The number of hydrogen-bond donors (Lipinski definition) is 1. The molecule has 4 nitrogen and oxygen atoms in total. The van der Waals surface area contributed by atoms with Gasteiger partial charge in [0.25, 0.3) is 5.91 Å². The van der Waals surface area contributed by atoms with Crippen LogP contribution in [0.15, 0.2) is 18.2 Å². The predicted octanol–water partition coefficient (Wildman–Crippen LogP) is 1.15. The largest absolute Gasteiger partial charge is 0.373 e. The molecule has 0 saturated carbocycles. The zero-order chi connectivity index (χ0) is 14.0. The van der Waals surface area contributed by atoms with Gasteiger partial charge in [0.1, 0.15) is 11.6 Å². The molecule has 1 heterocycles. The SMILES string of the molecule is C[C@@H](N)[C@@H]1CN(C(=O)c2ccc(F)cc2F)CCO1. The monoisotopic (exact) mass is 270 g/mol. The summed E-state index contributed by atoms with van der Waals surface area (Å²) in [5.41, 5.74) is 5.60. The number of hydrogen-bond acceptors (Lipinski definition) is 3. The van der Waals surface area contributed by atoms with Crippen LogP contribution in [0.2, 0.25) is 0 Å².